The first kappa shape index (κ1) is 17.7. The standard InChI is InChI=1S/C18H13N3O6S/c1-25-13-4-10(5-14-17(13)27-9-26-14)8-19-20-18(22)16-7-11-6-12(21(23)24)2-3-15(11)28-16/h2-8H,9H2,1H3,(H,20,22)/b19-8-. The zero-order valence-electron chi connectivity index (χ0n) is 14.5. The van der Waals surface area contributed by atoms with Crippen molar-refractivity contribution in [2.75, 3.05) is 13.9 Å². The molecule has 28 heavy (non-hydrogen) atoms. The Hall–Kier alpha value is -3.66. The predicted molar refractivity (Wildman–Crippen MR) is 103 cm³/mol. The van der Waals surface area contributed by atoms with Crippen LogP contribution in [0, 0.1) is 10.1 Å². The first-order valence-corrected chi connectivity index (χ1v) is 8.86. The zero-order chi connectivity index (χ0) is 19.7. The number of hydrogen-bond acceptors (Lipinski definition) is 8. The Kier molecular flexibility index (Phi) is 4.53. The monoisotopic (exact) mass is 399 g/mol. The lowest BCUT2D eigenvalue weighted by molar-refractivity contribution is -0.384. The fourth-order valence-electron chi connectivity index (χ4n) is 2.70. The fraction of sp³-hybridized carbons (Fsp3) is 0.111. The predicted octanol–water partition coefficient (Wildman–Crippen LogP) is 3.31. The number of thiophene rings is 1. The van der Waals surface area contributed by atoms with Crippen LogP contribution in [-0.4, -0.2) is 30.9 Å². The number of benzene rings is 2. The number of fused-ring (bicyclic) bond motifs is 2. The highest BCUT2D eigenvalue weighted by Crippen LogP contribution is 2.41. The summed E-state index contributed by atoms with van der Waals surface area (Å²) in [7, 11) is 1.52. The molecule has 4 rings (SSSR count). The number of nitro benzene ring substituents is 1. The summed E-state index contributed by atoms with van der Waals surface area (Å²) in [4.78, 5) is 23.1. The van der Waals surface area contributed by atoms with Crippen molar-refractivity contribution in [3.05, 3.63) is 57.0 Å². The van der Waals surface area contributed by atoms with Gasteiger partial charge in [-0.25, -0.2) is 5.43 Å². The van der Waals surface area contributed by atoms with E-state index in [9.17, 15) is 14.9 Å². The number of carbonyl (C=O) groups is 1. The molecule has 9 nitrogen and oxygen atoms in total. The van der Waals surface area contributed by atoms with Crippen LogP contribution in [0.25, 0.3) is 10.1 Å². The Morgan fingerprint density at radius 3 is 2.96 bits per heavy atom. The lowest BCUT2D eigenvalue weighted by atomic mass is 10.2. The van der Waals surface area contributed by atoms with Gasteiger partial charge in [0.25, 0.3) is 11.6 Å². The molecule has 1 aliphatic heterocycles. The molecule has 3 aromatic rings. The van der Waals surface area contributed by atoms with Gasteiger partial charge in [0.2, 0.25) is 12.5 Å². The molecule has 0 saturated heterocycles. The van der Waals surface area contributed by atoms with Crippen LogP contribution in [0.5, 0.6) is 17.2 Å². The minimum atomic E-state index is -0.471. The number of nitrogens with one attached hydrogen (secondary N) is 1. The Bertz CT molecular complexity index is 1120. The number of nitro groups is 1. The molecule has 2 aromatic carbocycles. The molecule has 0 bridgehead atoms. The van der Waals surface area contributed by atoms with Crippen molar-refractivity contribution in [2.45, 2.75) is 0 Å². The van der Waals surface area contributed by atoms with E-state index >= 15 is 0 Å². The number of carbonyl (C=O) groups excluding carboxylic acids is 1. The molecule has 1 aliphatic rings. The van der Waals surface area contributed by atoms with Gasteiger partial charge in [0.05, 0.1) is 23.1 Å². The van der Waals surface area contributed by atoms with Gasteiger partial charge in [-0.3, -0.25) is 14.9 Å². The third-order valence-electron chi connectivity index (χ3n) is 3.99. The minimum absolute atomic E-state index is 0.0213. The van der Waals surface area contributed by atoms with Gasteiger partial charge in [0.1, 0.15) is 0 Å². The number of ether oxygens (including phenoxy) is 3. The van der Waals surface area contributed by atoms with Crippen LogP contribution < -0.4 is 19.6 Å². The molecule has 0 fully saturated rings. The second-order valence-electron chi connectivity index (χ2n) is 5.75. The largest absolute Gasteiger partial charge is 0.493 e. The lowest BCUT2D eigenvalue weighted by Crippen LogP contribution is -2.16. The number of amides is 1. The molecule has 0 aliphatic carbocycles. The number of methoxy groups -OCH3 is 1. The van der Waals surface area contributed by atoms with Gasteiger partial charge in [-0.05, 0) is 24.3 Å². The van der Waals surface area contributed by atoms with Gasteiger partial charge in [-0.2, -0.15) is 5.10 Å². The third kappa shape index (κ3) is 3.32. The molecule has 0 radical (unpaired) electrons. The second kappa shape index (κ2) is 7.16. The summed E-state index contributed by atoms with van der Waals surface area (Å²) in [6, 6.07) is 9.50. The quantitative estimate of drug-likeness (QED) is 0.400. The summed E-state index contributed by atoms with van der Waals surface area (Å²) in [6.07, 6.45) is 1.46. The Labute approximate surface area is 162 Å². The van der Waals surface area contributed by atoms with Crippen LogP contribution >= 0.6 is 11.3 Å². The van der Waals surface area contributed by atoms with Gasteiger partial charge in [0.15, 0.2) is 11.5 Å². The third-order valence-corrected chi connectivity index (χ3v) is 5.11. The SMILES string of the molecule is COc1cc(/C=N\NC(=O)c2cc3cc([N+](=O)[O-])ccc3s2)cc2c1OCO2. The van der Waals surface area contributed by atoms with Crippen LogP contribution in [0.4, 0.5) is 5.69 Å². The smallest absolute Gasteiger partial charge is 0.281 e. The van der Waals surface area contributed by atoms with Crippen molar-refractivity contribution < 1.29 is 23.9 Å². The van der Waals surface area contributed by atoms with E-state index in [1.807, 2.05) is 0 Å². The summed E-state index contributed by atoms with van der Waals surface area (Å²) < 4.78 is 16.7. The molecule has 0 unspecified atom stereocenters. The highest BCUT2D eigenvalue weighted by molar-refractivity contribution is 7.20. The molecule has 142 valence electrons. The molecule has 0 atom stereocenters. The van der Waals surface area contributed by atoms with E-state index in [-0.39, 0.29) is 12.5 Å². The zero-order valence-corrected chi connectivity index (χ0v) is 15.3. The average molecular weight is 399 g/mol. The number of hydrogen-bond donors (Lipinski definition) is 1. The van der Waals surface area contributed by atoms with Crippen LogP contribution in [0.15, 0.2) is 41.5 Å². The summed E-state index contributed by atoms with van der Waals surface area (Å²) in [6.45, 7) is 0.118. The van der Waals surface area contributed by atoms with Crippen molar-refractivity contribution in [1.29, 1.82) is 0 Å². The van der Waals surface area contributed by atoms with E-state index < -0.39 is 10.8 Å². The summed E-state index contributed by atoms with van der Waals surface area (Å²) >= 11 is 1.23. The van der Waals surface area contributed by atoms with Crippen molar-refractivity contribution in [2.24, 2.45) is 5.10 Å². The molecule has 0 saturated carbocycles. The highest BCUT2D eigenvalue weighted by Gasteiger charge is 2.19. The first-order valence-electron chi connectivity index (χ1n) is 8.04. The van der Waals surface area contributed by atoms with Gasteiger partial charge in [0, 0.05) is 27.8 Å². The average Bonchev–Trinajstić information content (AvgIpc) is 3.33. The molecule has 2 heterocycles. The molecule has 1 aromatic heterocycles. The summed E-state index contributed by atoms with van der Waals surface area (Å²) in [5.74, 6) is 1.17. The minimum Gasteiger partial charge on any atom is -0.493 e. The second-order valence-corrected chi connectivity index (χ2v) is 6.83. The molecule has 1 amide bonds. The molecular formula is C18H13N3O6S. The highest BCUT2D eigenvalue weighted by atomic mass is 32.1. The number of rotatable bonds is 5. The Balaban J connectivity index is 1.50. The first-order chi connectivity index (χ1) is 13.5. The Morgan fingerprint density at radius 2 is 2.18 bits per heavy atom. The topological polar surface area (TPSA) is 112 Å². The summed E-state index contributed by atoms with van der Waals surface area (Å²) in [5.41, 5.74) is 3.08. The van der Waals surface area contributed by atoms with Crippen LogP contribution in [0.2, 0.25) is 0 Å². The van der Waals surface area contributed by atoms with Crippen LogP contribution in [0.3, 0.4) is 0 Å². The van der Waals surface area contributed by atoms with Crippen molar-refractivity contribution >= 4 is 39.2 Å². The number of non-ortho nitro benzene ring substituents is 1. The van der Waals surface area contributed by atoms with Gasteiger partial charge >= 0.3 is 0 Å². The lowest BCUT2D eigenvalue weighted by Gasteiger charge is -2.05. The van der Waals surface area contributed by atoms with Crippen molar-refractivity contribution in [3.8, 4) is 17.2 Å². The molecule has 1 N–H and O–H groups in total. The maximum Gasteiger partial charge on any atom is 0.281 e. The summed E-state index contributed by atoms with van der Waals surface area (Å²) in [5, 5.41) is 15.5. The maximum atomic E-state index is 12.3. The Morgan fingerprint density at radius 1 is 1.32 bits per heavy atom. The molecular weight excluding hydrogens is 386 g/mol. The van der Waals surface area contributed by atoms with Gasteiger partial charge in [-0.15, -0.1) is 11.3 Å². The normalized spacial score (nSPS) is 12.5. The van der Waals surface area contributed by atoms with E-state index in [4.69, 9.17) is 14.2 Å². The number of hydrazone groups is 1. The fourth-order valence-corrected chi connectivity index (χ4v) is 3.63. The van der Waals surface area contributed by atoms with Gasteiger partial charge < -0.3 is 14.2 Å². The van der Waals surface area contributed by atoms with Crippen molar-refractivity contribution in [3.63, 3.8) is 0 Å². The van der Waals surface area contributed by atoms with E-state index in [1.54, 1.807) is 24.3 Å². The van der Waals surface area contributed by atoms with E-state index in [1.165, 1.54) is 36.8 Å². The van der Waals surface area contributed by atoms with E-state index in [0.717, 1.165) is 4.70 Å². The van der Waals surface area contributed by atoms with Gasteiger partial charge in [-0.1, -0.05) is 0 Å². The molecule has 10 heteroatoms. The van der Waals surface area contributed by atoms with E-state index in [2.05, 4.69) is 10.5 Å². The van der Waals surface area contributed by atoms with Crippen LogP contribution in [0.1, 0.15) is 15.2 Å². The number of nitrogens with zero attached hydrogens (tertiary/aromatic N) is 2. The van der Waals surface area contributed by atoms with Crippen molar-refractivity contribution in [1.82, 2.24) is 5.43 Å². The molecule has 0 spiro atoms. The van der Waals surface area contributed by atoms with E-state index in [0.29, 0.717) is 33.1 Å². The maximum absolute atomic E-state index is 12.3. The van der Waals surface area contributed by atoms with Crippen LogP contribution in [-0.2, 0) is 0 Å².